The topological polar surface area (TPSA) is 70.8 Å². The predicted molar refractivity (Wildman–Crippen MR) is 122 cm³/mol. The molecule has 2 aromatic rings. The van der Waals surface area contributed by atoms with Gasteiger partial charge in [-0.15, -0.1) is 0 Å². The maximum atomic E-state index is 13.0. The van der Waals surface area contributed by atoms with Crippen molar-refractivity contribution in [1.82, 2.24) is 4.90 Å². The summed E-state index contributed by atoms with van der Waals surface area (Å²) in [7, 11) is 0. The highest BCUT2D eigenvalue weighted by Crippen LogP contribution is 2.39. The van der Waals surface area contributed by atoms with E-state index in [1.807, 2.05) is 24.3 Å². The molecule has 0 bridgehead atoms. The first-order chi connectivity index (χ1) is 14.5. The molecule has 1 saturated carbocycles. The van der Waals surface area contributed by atoms with Crippen molar-refractivity contribution in [2.24, 2.45) is 5.92 Å². The maximum Gasteiger partial charge on any atom is 0.306 e. The lowest BCUT2D eigenvalue weighted by Gasteiger charge is -2.32. The fourth-order valence-corrected chi connectivity index (χ4v) is 5.42. The molecule has 0 spiro atoms. The molecule has 2 atom stereocenters. The SMILES string of the molecule is CCc1ccc(-c2ccc(/C=C3/SC(=S)N(C4CCCC(C(=O)O)C4)C3=O)o2)cc1. The van der Waals surface area contributed by atoms with Crippen LogP contribution in [0.15, 0.2) is 45.7 Å². The first kappa shape index (κ1) is 20.9. The molecule has 2 fully saturated rings. The summed E-state index contributed by atoms with van der Waals surface area (Å²) in [5, 5.41) is 9.34. The number of furan rings is 1. The van der Waals surface area contributed by atoms with E-state index in [9.17, 15) is 14.7 Å². The first-order valence-electron chi connectivity index (χ1n) is 10.1. The molecule has 1 amide bonds. The number of carbonyl (C=O) groups excluding carboxylic acids is 1. The van der Waals surface area contributed by atoms with E-state index in [4.69, 9.17) is 16.6 Å². The van der Waals surface area contributed by atoms with Crippen LogP contribution in [0.2, 0.25) is 0 Å². The molecule has 1 aliphatic carbocycles. The van der Waals surface area contributed by atoms with E-state index in [1.165, 1.54) is 17.3 Å². The lowest BCUT2D eigenvalue weighted by atomic mass is 9.85. The summed E-state index contributed by atoms with van der Waals surface area (Å²) in [5.74, 6) is -0.0285. The molecule has 2 unspecified atom stereocenters. The summed E-state index contributed by atoms with van der Waals surface area (Å²) in [6.45, 7) is 2.12. The highest BCUT2D eigenvalue weighted by atomic mass is 32.2. The predicted octanol–water partition coefficient (Wildman–Crippen LogP) is 5.35. The largest absolute Gasteiger partial charge is 0.481 e. The summed E-state index contributed by atoms with van der Waals surface area (Å²) in [6.07, 6.45) is 5.39. The van der Waals surface area contributed by atoms with Gasteiger partial charge in [0.25, 0.3) is 5.91 Å². The van der Waals surface area contributed by atoms with Crippen molar-refractivity contribution in [2.45, 2.75) is 45.1 Å². The van der Waals surface area contributed by atoms with Gasteiger partial charge >= 0.3 is 5.97 Å². The zero-order valence-electron chi connectivity index (χ0n) is 16.7. The number of thioether (sulfide) groups is 1. The molecule has 2 heterocycles. The van der Waals surface area contributed by atoms with Gasteiger partial charge < -0.3 is 9.52 Å². The molecular formula is C23H23NO4S2. The minimum absolute atomic E-state index is 0.150. The van der Waals surface area contributed by atoms with E-state index >= 15 is 0 Å². The average molecular weight is 442 g/mol. The Morgan fingerprint density at radius 2 is 2.03 bits per heavy atom. The zero-order chi connectivity index (χ0) is 21.3. The van der Waals surface area contributed by atoms with Crippen LogP contribution in [0.4, 0.5) is 0 Å². The van der Waals surface area contributed by atoms with E-state index in [0.29, 0.717) is 27.8 Å². The van der Waals surface area contributed by atoms with Gasteiger partial charge in [0, 0.05) is 17.7 Å². The lowest BCUT2D eigenvalue weighted by molar-refractivity contribution is -0.144. The van der Waals surface area contributed by atoms with Crippen molar-refractivity contribution < 1.29 is 19.1 Å². The third-order valence-electron chi connectivity index (χ3n) is 5.73. The molecule has 5 nitrogen and oxygen atoms in total. The highest BCUT2D eigenvalue weighted by molar-refractivity contribution is 8.26. The monoisotopic (exact) mass is 441 g/mol. The van der Waals surface area contributed by atoms with E-state index in [-0.39, 0.29) is 11.9 Å². The van der Waals surface area contributed by atoms with Crippen LogP contribution >= 0.6 is 24.0 Å². The Bertz CT molecular complexity index is 1010. The van der Waals surface area contributed by atoms with Crippen LogP contribution in [0.3, 0.4) is 0 Å². The Labute approximate surface area is 185 Å². The maximum absolute atomic E-state index is 13.0. The third kappa shape index (κ3) is 4.23. The molecule has 4 rings (SSSR count). The third-order valence-corrected chi connectivity index (χ3v) is 7.06. The van der Waals surface area contributed by atoms with Gasteiger partial charge in [0.2, 0.25) is 0 Å². The molecule has 156 valence electrons. The Kier molecular flexibility index (Phi) is 6.11. The van der Waals surface area contributed by atoms with Crippen LogP contribution in [0, 0.1) is 5.92 Å². The summed E-state index contributed by atoms with van der Waals surface area (Å²) in [4.78, 5) is 26.5. The molecule has 1 saturated heterocycles. The molecule has 2 aliphatic rings. The molecule has 7 heteroatoms. The van der Waals surface area contributed by atoms with E-state index in [0.717, 1.165) is 30.6 Å². The molecule has 1 aromatic carbocycles. The summed E-state index contributed by atoms with van der Waals surface area (Å²) in [6, 6.07) is 11.8. The Balaban J connectivity index is 1.51. The van der Waals surface area contributed by atoms with E-state index < -0.39 is 11.9 Å². The Hall–Kier alpha value is -2.38. The number of aryl methyl sites for hydroxylation is 1. The molecule has 1 N–H and O–H groups in total. The number of carboxylic acids is 1. The zero-order valence-corrected chi connectivity index (χ0v) is 18.3. The van der Waals surface area contributed by atoms with Gasteiger partial charge in [-0.05, 0) is 43.4 Å². The van der Waals surface area contributed by atoms with Crippen molar-refractivity contribution in [1.29, 1.82) is 0 Å². The second kappa shape index (κ2) is 8.78. The van der Waals surface area contributed by atoms with Crippen LogP contribution in [-0.4, -0.2) is 32.2 Å². The number of amides is 1. The Morgan fingerprint density at radius 1 is 1.27 bits per heavy atom. The van der Waals surface area contributed by atoms with Gasteiger partial charge in [0.15, 0.2) is 0 Å². The normalized spacial score (nSPS) is 23.4. The number of carbonyl (C=O) groups is 2. The molecule has 30 heavy (non-hydrogen) atoms. The minimum atomic E-state index is -0.796. The van der Waals surface area contributed by atoms with Crippen LogP contribution in [-0.2, 0) is 16.0 Å². The number of thiocarbonyl (C=S) groups is 1. The second-order valence-corrected chi connectivity index (χ2v) is 9.34. The Morgan fingerprint density at radius 3 is 2.73 bits per heavy atom. The van der Waals surface area contributed by atoms with E-state index in [1.54, 1.807) is 11.0 Å². The average Bonchev–Trinajstić information content (AvgIpc) is 3.32. The van der Waals surface area contributed by atoms with E-state index in [2.05, 4.69) is 19.1 Å². The number of aliphatic carboxylic acids is 1. The van der Waals surface area contributed by atoms with Crippen molar-refractivity contribution in [3.63, 3.8) is 0 Å². The van der Waals surface area contributed by atoms with Crippen LogP contribution in [0.1, 0.15) is 43.9 Å². The lowest BCUT2D eigenvalue weighted by Crippen LogP contribution is -2.42. The highest BCUT2D eigenvalue weighted by Gasteiger charge is 2.40. The minimum Gasteiger partial charge on any atom is -0.481 e. The number of nitrogens with zero attached hydrogens (tertiary/aromatic N) is 1. The number of rotatable bonds is 5. The smallest absolute Gasteiger partial charge is 0.306 e. The van der Waals surface area contributed by atoms with Crippen molar-refractivity contribution in [3.8, 4) is 11.3 Å². The van der Waals surface area contributed by atoms with Crippen molar-refractivity contribution in [2.75, 3.05) is 0 Å². The standard InChI is InChI=1S/C23H23NO4S2/c1-2-14-6-8-15(9-7-14)19-11-10-18(28-19)13-20-21(25)24(23(29)30-20)17-5-3-4-16(12-17)22(26)27/h6-11,13,16-17H,2-5,12H2,1H3,(H,26,27)/b20-13+. The molecular weight excluding hydrogens is 418 g/mol. The first-order valence-corrected chi connectivity index (χ1v) is 11.4. The van der Waals surface area contributed by atoms with Crippen LogP contribution < -0.4 is 0 Å². The van der Waals surface area contributed by atoms with Gasteiger partial charge in [-0.25, -0.2) is 0 Å². The van der Waals surface area contributed by atoms with Gasteiger partial charge in [-0.3, -0.25) is 14.5 Å². The molecule has 1 aliphatic heterocycles. The van der Waals surface area contributed by atoms with Gasteiger partial charge in [0.05, 0.1) is 10.8 Å². The second-order valence-electron chi connectivity index (χ2n) is 7.66. The van der Waals surface area contributed by atoms with Gasteiger partial charge in [0.1, 0.15) is 15.8 Å². The number of carboxylic acid groups (broad SMARTS) is 1. The van der Waals surface area contributed by atoms with Crippen molar-refractivity contribution in [3.05, 3.63) is 52.6 Å². The summed E-state index contributed by atoms with van der Waals surface area (Å²) < 4.78 is 6.43. The quantitative estimate of drug-likeness (QED) is 0.498. The van der Waals surface area contributed by atoms with Crippen LogP contribution in [0.25, 0.3) is 17.4 Å². The fraction of sp³-hybridized carbons (Fsp3) is 0.348. The molecule has 1 aromatic heterocycles. The van der Waals surface area contributed by atoms with Crippen LogP contribution in [0.5, 0.6) is 0 Å². The van der Waals surface area contributed by atoms with Gasteiger partial charge in [-0.1, -0.05) is 61.6 Å². The summed E-state index contributed by atoms with van der Waals surface area (Å²) >= 11 is 6.70. The van der Waals surface area contributed by atoms with Gasteiger partial charge in [-0.2, -0.15) is 0 Å². The summed E-state index contributed by atoms with van der Waals surface area (Å²) in [5.41, 5.74) is 2.25. The number of hydrogen-bond donors (Lipinski definition) is 1. The molecule has 0 radical (unpaired) electrons. The fourth-order valence-electron chi connectivity index (χ4n) is 4.04. The number of hydrogen-bond acceptors (Lipinski definition) is 5. The van der Waals surface area contributed by atoms with Crippen molar-refractivity contribution >= 4 is 46.3 Å². The number of benzene rings is 1.